The minimum Gasteiger partial charge on any atom is -0.398 e. The van der Waals surface area contributed by atoms with E-state index < -0.39 is 0 Å². The second-order valence-electron chi connectivity index (χ2n) is 20.8. The first-order valence-electron chi connectivity index (χ1n) is 27.8. The standard InChI is InChI=1S/C65H93N3/c1-9-11-13-15-17-19-21-23-25-27-29-36-54-37-33-41-61(67-8)59(40-30-28-26-24-22-20-18-16-14-12-10-2)60(66)45-42-51(5)62(56-38-31-34-49(3)46-56)64-52(6)53(7)65(68-64)63(58-44-43-55(54)48-58)57-39-32-35-50(4)47-57/h31-35,38-39,41-47,52-53H,8-30,36-37,40,48,66H2,1-7H3/b41-33-,51-42+,55-54-,60-45-,61-59-,63-58-,64-62+. The summed E-state index contributed by atoms with van der Waals surface area (Å²) in [7, 11) is 0. The van der Waals surface area contributed by atoms with Gasteiger partial charge in [0, 0.05) is 34.3 Å². The van der Waals surface area contributed by atoms with Gasteiger partial charge in [0.2, 0.25) is 0 Å². The minimum atomic E-state index is 0.224. The van der Waals surface area contributed by atoms with Crippen LogP contribution in [-0.4, -0.2) is 12.4 Å². The molecule has 2 heterocycles. The molecule has 2 atom stereocenters. The van der Waals surface area contributed by atoms with Gasteiger partial charge < -0.3 is 5.73 Å². The number of unbranched alkanes of at least 4 members (excludes halogenated alkanes) is 20. The third kappa shape index (κ3) is 16.9. The van der Waals surface area contributed by atoms with Crippen LogP contribution in [0, 0.1) is 25.7 Å². The lowest BCUT2D eigenvalue weighted by Crippen LogP contribution is -2.15. The van der Waals surface area contributed by atoms with Crippen LogP contribution in [0.2, 0.25) is 0 Å². The van der Waals surface area contributed by atoms with Crippen LogP contribution in [0.1, 0.15) is 224 Å². The number of nitrogens with zero attached hydrogens (tertiary/aromatic N) is 2. The number of aliphatic imine (C=N–C) groups is 2. The van der Waals surface area contributed by atoms with Gasteiger partial charge in [-0.1, -0.05) is 246 Å². The van der Waals surface area contributed by atoms with Crippen molar-refractivity contribution >= 4 is 23.6 Å². The zero-order valence-corrected chi connectivity index (χ0v) is 44.3. The van der Waals surface area contributed by atoms with Crippen molar-refractivity contribution in [3.8, 4) is 0 Å². The van der Waals surface area contributed by atoms with Gasteiger partial charge in [-0.05, 0) is 106 Å². The Balaban J connectivity index is 1.53. The van der Waals surface area contributed by atoms with Crippen molar-refractivity contribution in [2.45, 2.75) is 215 Å². The van der Waals surface area contributed by atoms with Crippen molar-refractivity contribution in [2.75, 3.05) is 0 Å². The topological polar surface area (TPSA) is 50.7 Å². The van der Waals surface area contributed by atoms with E-state index in [2.05, 4.69) is 140 Å². The summed E-state index contributed by atoms with van der Waals surface area (Å²) in [5.74, 6) is 0.465. The van der Waals surface area contributed by atoms with Gasteiger partial charge in [-0.15, -0.1) is 0 Å². The lowest BCUT2D eigenvalue weighted by atomic mass is 9.82. The molecule has 0 saturated carbocycles. The second-order valence-corrected chi connectivity index (χ2v) is 20.8. The van der Waals surface area contributed by atoms with Gasteiger partial charge in [0.05, 0.1) is 17.1 Å². The molecule has 0 aromatic heterocycles. The average Bonchev–Trinajstić information content (AvgIpc) is 3.92. The predicted molar refractivity (Wildman–Crippen MR) is 301 cm³/mol. The molecule has 2 N–H and O–H groups in total. The van der Waals surface area contributed by atoms with Crippen molar-refractivity contribution in [1.82, 2.24) is 0 Å². The van der Waals surface area contributed by atoms with Crippen LogP contribution in [0.4, 0.5) is 0 Å². The SMILES string of the molecule is C=NC1=C(CCCCCCCCCCCCC)\C(N)=C\C=C(C)\C(c2cccc(C)c2)=C2N=C(/C(c3cccc(C)c3)=C3C=C/C(=C(\CCCCCCCCCCCCC)C/C=C\1)C/3)C(C)C/2C. The highest BCUT2D eigenvalue weighted by molar-refractivity contribution is 6.27. The van der Waals surface area contributed by atoms with E-state index in [1.54, 1.807) is 5.57 Å². The summed E-state index contributed by atoms with van der Waals surface area (Å²) in [6.45, 7) is 20.2. The number of hydrogen-bond donors (Lipinski definition) is 1. The molecule has 3 aliphatic rings. The predicted octanol–water partition coefficient (Wildman–Crippen LogP) is 19.6. The fourth-order valence-electron chi connectivity index (χ4n) is 10.7. The first-order chi connectivity index (χ1) is 33.2. The van der Waals surface area contributed by atoms with Gasteiger partial charge in [-0.2, -0.15) is 0 Å². The summed E-state index contributed by atoms with van der Waals surface area (Å²) in [5.41, 5.74) is 25.4. The smallest absolute Gasteiger partial charge is 0.0671 e. The van der Waals surface area contributed by atoms with Crippen molar-refractivity contribution < 1.29 is 0 Å². The molecule has 2 aromatic carbocycles. The van der Waals surface area contributed by atoms with Crippen LogP contribution in [0.15, 0.2) is 140 Å². The number of aryl methyl sites for hydroxylation is 2. The molecule has 0 radical (unpaired) electrons. The zero-order chi connectivity index (χ0) is 48.5. The second kappa shape index (κ2) is 30.2. The highest BCUT2D eigenvalue weighted by Crippen LogP contribution is 2.45. The van der Waals surface area contributed by atoms with E-state index in [-0.39, 0.29) is 11.8 Å². The lowest BCUT2D eigenvalue weighted by Gasteiger charge is -2.19. The first kappa shape index (κ1) is 54.4. The minimum absolute atomic E-state index is 0.224. The van der Waals surface area contributed by atoms with E-state index >= 15 is 0 Å². The van der Waals surface area contributed by atoms with E-state index in [0.29, 0.717) is 0 Å². The van der Waals surface area contributed by atoms with Crippen LogP contribution >= 0.6 is 0 Å². The number of hydrogen-bond acceptors (Lipinski definition) is 3. The molecule has 3 nitrogen and oxygen atoms in total. The van der Waals surface area contributed by atoms with Crippen molar-refractivity contribution in [1.29, 1.82) is 0 Å². The molecule has 5 rings (SSSR count). The summed E-state index contributed by atoms with van der Waals surface area (Å²) in [5, 5.41) is 0. The Labute approximate surface area is 416 Å². The molecule has 2 aromatic rings. The van der Waals surface area contributed by atoms with Gasteiger partial charge in [-0.25, -0.2) is 0 Å². The number of fused-ring (bicyclic) bond motifs is 3. The van der Waals surface area contributed by atoms with Crippen LogP contribution < -0.4 is 5.73 Å². The molecule has 368 valence electrons. The molecule has 4 bridgehead atoms. The molecule has 0 fully saturated rings. The summed E-state index contributed by atoms with van der Waals surface area (Å²) >= 11 is 0. The maximum absolute atomic E-state index is 7.21. The Morgan fingerprint density at radius 3 is 1.62 bits per heavy atom. The Morgan fingerprint density at radius 2 is 1.09 bits per heavy atom. The molecule has 0 spiro atoms. The van der Waals surface area contributed by atoms with Gasteiger partial charge in [0.1, 0.15) is 0 Å². The zero-order valence-electron chi connectivity index (χ0n) is 44.3. The molecule has 2 aliphatic heterocycles. The number of rotatable bonds is 27. The van der Waals surface area contributed by atoms with E-state index in [1.807, 2.05) is 0 Å². The third-order valence-electron chi connectivity index (χ3n) is 15.1. The molecule has 0 saturated heterocycles. The summed E-state index contributed by atoms with van der Waals surface area (Å²) in [4.78, 5) is 10.5. The highest BCUT2D eigenvalue weighted by Gasteiger charge is 2.35. The molecule has 0 amide bonds. The molecule has 1 aliphatic carbocycles. The Kier molecular flexibility index (Phi) is 24.2. The van der Waals surface area contributed by atoms with E-state index in [4.69, 9.17) is 15.7 Å². The fraction of sp³-hybridized carbons (Fsp3) is 0.538. The number of nitrogens with two attached hydrogens (primary N) is 1. The van der Waals surface area contributed by atoms with Crippen LogP contribution in [0.3, 0.4) is 0 Å². The maximum atomic E-state index is 7.21. The van der Waals surface area contributed by atoms with Crippen molar-refractivity contribution in [3.63, 3.8) is 0 Å². The fourth-order valence-corrected chi connectivity index (χ4v) is 10.7. The van der Waals surface area contributed by atoms with Crippen LogP contribution in [0.5, 0.6) is 0 Å². The van der Waals surface area contributed by atoms with Crippen molar-refractivity contribution in [2.24, 2.45) is 27.6 Å². The van der Waals surface area contributed by atoms with Gasteiger partial charge >= 0.3 is 0 Å². The third-order valence-corrected chi connectivity index (χ3v) is 15.1. The first-order valence-corrected chi connectivity index (χ1v) is 27.8. The van der Waals surface area contributed by atoms with E-state index in [1.165, 1.54) is 191 Å². The van der Waals surface area contributed by atoms with Crippen LogP contribution in [-0.2, 0) is 0 Å². The Bertz CT molecular complexity index is 2210. The summed E-state index contributed by atoms with van der Waals surface area (Å²) < 4.78 is 0. The van der Waals surface area contributed by atoms with Gasteiger partial charge in [0.25, 0.3) is 0 Å². The maximum Gasteiger partial charge on any atom is 0.0671 e. The number of benzene rings is 2. The molecule has 3 heteroatoms. The quantitative estimate of drug-likeness (QED) is 0.0704. The van der Waals surface area contributed by atoms with E-state index in [9.17, 15) is 0 Å². The lowest BCUT2D eigenvalue weighted by molar-refractivity contribution is 0.548. The average molecular weight is 916 g/mol. The van der Waals surface area contributed by atoms with Crippen molar-refractivity contribution in [3.05, 3.63) is 152 Å². The molecule has 68 heavy (non-hydrogen) atoms. The van der Waals surface area contributed by atoms with Gasteiger partial charge in [-0.3, -0.25) is 9.98 Å². The molecular formula is C65H93N3. The summed E-state index contributed by atoms with van der Waals surface area (Å²) in [6, 6.07) is 18.0. The summed E-state index contributed by atoms with van der Waals surface area (Å²) in [6.07, 6.45) is 47.0. The monoisotopic (exact) mass is 916 g/mol. The largest absolute Gasteiger partial charge is 0.398 e. The normalized spacial score (nSPS) is 24.3. The van der Waals surface area contributed by atoms with E-state index in [0.717, 1.165) is 54.8 Å². The van der Waals surface area contributed by atoms with Gasteiger partial charge in [0.15, 0.2) is 0 Å². The Morgan fingerprint density at radius 1 is 0.588 bits per heavy atom. The molecule has 2 unspecified atom stereocenters. The highest BCUT2D eigenvalue weighted by atomic mass is 14.8. The van der Waals surface area contributed by atoms with Crippen LogP contribution in [0.25, 0.3) is 11.1 Å². The Hall–Kier alpha value is -4.50. The molecular weight excluding hydrogens is 823 g/mol. The number of allylic oxidation sites excluding steroid dienone is 14.